The van der Waals surface area contributed by atoms with Crippen LogP contribution in [0.2, 0.25) is 0 Å². The Balaban J connectivity index is 1.79. The van der Waals surface area contributed by atoms with Gasteiger partial charge in [0.2, 0.25) is 0 Å². The van der Waals surface area contributed by atoms with E-state index in [1.54, 1.807) is 13.3 Å². The molecule has 2 N–H and O–H groups in total. The molecule has 0 spiro atoms. The standard InChI is InChI=1S/C21H23N3O2/c1-4-15-10-17(8-9-20(15)18-12-22-23-13-18)21(25)24-14(2)16-6-5-7-19(11-16)26-3/h5-14H,4H2,1-3H3,(H,22,23)(H,24,25)/t14-/m1/s1. The van der Waals surface area contributed by atoms with Gasteiger partial charge in [-0.1, -0.05) is 25.1 Å². The highest BCUT2D eigenvalue weighted by molar-refractivity contribution is 5.95. The van der Waals surface area contributed by atoms with E-state index in [2.05, 4.69) is 22.4 Å². The molecule has 5 nitrogen and oxygen atoms in total. The monoisotopic (exact) mass is 349 g/mol. The smallest absolute Gasteiger partial charge is 0.251 e. The molecule has 1 amide bonds. The summed E-state index contributed by atoms with van der Waals surface area (Å²) in [4.78, 5) is 12.7. The van der Waals surface area contributed by atoms with Crippen molar-refractivity contribution in [3.63, 3.8) is 0 Å². The molecule has 0 saturated heterocycles. The number of aromatic amines is 1. The molecule has 26 heavy (non-hydrogen) atoms. The van der Waals surface area contributed by atoms with E-state index >= 15 is 0 Å². The molecule has 0 saturated carbocycles. The molecule has 0 fully saturated rings. The highest BCUT2D eigenvalue weighted by Crippen LogP contribution is 2.25. The van der Waals surface area contributed by atoms with Crippen molar-refractivity contribution < 1.29 is 9.53 Å². The Hall–Kier alpha value is -3.08. The number of aromatic nitrogens is 2. The first-order valence-corrected chi connectivity index (χ1v) is 8.69. The largest absolute Gasteiger partial charge is 0.497 e. The number of nitrogens with one attached hydrogen (secondary N) is 2. The van der Waals surface area contributed by atoms with E-state index < -0.39 is 0 Å². The maximum Gasteiger partial charge on any atom is 0.251 e. The van der Waals surface area contributed by atoms with Crippen LogP contribution in [0, 0.1) is 0 Å². The molecule has 0 radical (unpaired) electrons. The predicted octanol–water partition coefficient (Wildman–Crippen LogP) is 4.14. The first kappa shape index (κ1) is 17.7. The number of rotatable bonds is 6. The Morgan fingerprint density at radius 3 is 2.81 bits per heavy atom. The molecule has 134 valence electrons. The van der Waals surface area contributed by atoms with E-state index in [0.29, 0.717) is 5.56 Å². The maximum atomic E-state index is 12.7. The molecule has 3 aromatic rings. The Kier molecular flexibility index (Phi) is 5.37. The minimum atomic E-state index is -0.115. The summed E-state index contributed by atoms with van der Waals surface area (Å²) >= 11 is 0. The van der Waals surface area contributed by atoms with Crippen LogP contribution in [0.4, 0.5) is 0 Å². The Labute approximate surface area is 153 Å². The molecule has 0 bridgehead atoms. The lowest BCUT2D eigenvalue weighted by Gasteiger charge is -2.16. The highest BCUT2D eigenvalue weighted by Gasteiger charge is 2.14. The Morgan fingerprint density at radius 1 is 1.27 bits per heavy atom. The van der Waals surface area contributed by atoms with Crippen molar-refractivity contribution in [1.82, 2.24) is 15.5 Å². The number of carbonyl (C=O) groups excluding carboxylic acids is 1. The molecule has 0 unspecified atom stereocenters. The van der Waals surface area contributed by atoms with Crippen molar-refractivity contribution >= 4 is 5.91 Å². The fourth-order valence-corrected chi connectivity index (χ4v) is 2.98. The molecular weight excluding hydrogens is 326 g/mol. The zero-order valence-corrected chi connectivity index (χ0v) is 15.2. The first-order valence-electron chi connectivity index (χ1n) is 8.69. The van der Waals surface area contributed by atoms with Crippen LogP contribution in [-0.2, 0) is 6.42 Å². The summed E-state index contributed by atoms with van der Waals surface area (Å²) in [6.45, 7) is 4.05. The average molecular weight is 349 g/mol. The summed E-state index contributed by atoms with van der Waals surface area (Å²) in [5.74, 6) is 0.690. The van der Waals surface area contributed by atoms with Crippen LogP contribution < -0.4 is 10.1 Å². The fourth-order valence-electron chi connectivity index (χ4n) is 2.98. The number of nitrogens with zero attached hydrogens (tertiary/aromatic N) is 1. The minimum Gasteiger partial charge on any atom is -0.497 e. The SMILES string of the molecule is CCc1cc(C(=O)N[C@H](C)c2cccc(OC)c2)ccc1-c1cn[nH]c1. The van der Waals surface area contributed by atoms with Gasteiger partial charge in [0, 0.05) is 17.3 Å². The number of benzene rings is 2. The number of aryl methyl sites for hydroxylation is 1. The molecule has 3 rings (SSSR count). The number of hydrogen-bond donors (Lipinski definition) is 2. The van der Waals surface area contributed by atoms with E-state index in [9.17, 15) is 4.79 Å². The summed E-state index contributed by atoms with van der Waals surface area (Å²) < 4.78 is 5.25. The van der Waals surface area contributed by atoms with Crippen molar-refractivity contribution in [3.05, 3.63) is 71.5 Å². The van der Waals surface area contributed by atoms with Gasteiger partial charge in [0.05, 0.1) is 19.3 Å². The van der Waals surface area contributed by atoms with Crippen molar-refractivity contribution in [1.29, 1.82) is 0 Å². The van der Waals surface area contributed by atoms with E-state index in [0.717, 1.165) is 34.4 Å². The van der Waals surface area contributed by atoms with Gasteiger partial charge in [-0.3, -0.25) is 9.89 Å². The molecule has 1 atom stereocenters. The van der Waals surface area contributed by atoms with Crippen LogP contribution in [0.25, 0.3) is 11.1 Å². The van der Waals surface area contributed by atoms with Crippen LogP contribution in [0.1, 0.15) is 41.4 Å². The van der Waals surface area contributed by atoms with Gasteiger partial charge in [-0.05, 0) is 54.3 Å². The van der Waals surface area contributed by atoms with E-state index in [-0.39, 0.29) is 11.9 Å². The number of carbonyl (C=O) groups is 1. The maximum absolute atomic E-state index is 12.7. The van der Waals surface area contributed by atoms with Gasteiger partial charge in [-0.2, -0.15) is 5.10 Å². The lowest BCUT2D eigenvalue weighted by molar-refractivity contribution is 0.0939. The summed E-state index contributed by atoms with van der Waals surface area (Å²) in [6, 6.07) is 13.4. The second kappa shape index (κ2) is 7.87. The normalized spacial score (nSPS) is 11.8. The highest BCUT2D eigenvalue weighted by atomic mass is 16.5. The van der Waals surface area contributed by atoms with E-state index in [4.69, 9.17) is 4.74 Å². The summed E-state index contributed by atoms with van der Waals surface area (Å²) in [6.07, 6.45) is 4.49. The number of H-pyrrole nitrogens is 1. The van der Waals surface area contributed by atoms with Crippen LogP contribution in [0.3, 0.4) is 0 Å². The molecule has 0 aliphatic carbocycles. The number of ether oxygens (including phenoxy) is 1. The molecule has 0 aliphatic heterocycles. The number of hydrogen-bond acceptors (Lipinski definition) is 3. The first-order chi connectivity index (χ1) is 12.6. The quantitative estimate of drug-likeness (QED) is 0.703. The number of methoxy groups -OCH3 is 1. The van der Waals surface area contributed by atoms with Crippen molar-refractivity contribution in [3.8, 4) is 16.9 Å². The molecule has 1 aromatic heterocycles. The van der Waals surface area contributed by atoms with E-state index in [1.165, 1.54) is 0 Å². The van der Waals surface area contributed by atoms with Gasteiger partial charge >= 0.3 is 0 Å². The topological polar surface area (TPSA) is 67.0 Å². The zero-order valence-electron chi connectivity index (χ0n) is 15.2. The zero-order chi connectivity index (χ0) is 18.5. The average Bonchev–Trinajstić information content (AvgIpc) is 3.22. The van der Waals surface area contributed by atoms with Crippen LogP contribution in [0.5, 0.6) is 5.75 Å². The van der Waals surface area contributed by atoms with Gasteiger partial charge in [0.25, 0.3) is 5.91 Å². The van der Waals surface area contributed by atoms with Crippen molar-refractivity contribution in [2.24, 2.45) is 0 Å². The molecule has 5 heteroatoms. The number of amides is 1. The predicted molar refractivity (Wildman–Crippen MR) is 102 cm³/mol. The Morgan fingerprint density at radius 2 is 2.12 bits per heavy atom. The lowest BCUT2D eigenvalue weighted by atomic mass is 9.97. The van der Waals surface area contributed by atoms with Gasteiger partial charge in [0.15, 0.2) is 0 Å². The van der Waals surface area contributed by atoms with Gasteiger partial charge in [-0.15, -0.1) is 0 Å². The third-order valence-corrected chi connectivity index (χ3v) is 4.50. The third-order valence-electron chi connectivity index (χ3n) is 4.50. The third kappa shape index (κ3) is 3.77. The fraction of sp³-hybridized carbons (Fsp3) is 0.238. The van der Waals surface area contributed by atoms with Gasteiger partial charge in [-0.25, -0.2) is 0 Å². The lowest BCUT2D eigenvalue weighted by Crippen LogP contribution is -2.26. The minimum absolute atomic E-state index is 0.0891. The van der Waals surface area contributed by atoms with Crippen LogP contribution in [-0.4, -0.2) is 23.2 Å². The summed E-state index contributed by atoms with van der Waals surface area (Å²) in [5, 5.41) is 9.89. The Bertz CT molecular complexity index is 888. The summed E-state index contributed by atoms with van der Waals surface area (Å²) in [7, 11) is 1.64. The van der Waals surface area contributed by atoms with Gasteiger partial charge in [0.1, 0.15) is 5.75 Å². The van der Waals surface area contributed by atoms with Crippen LogP contribution >= 0.6 is 0 Å². The second-order valence-electron chi connectivity index (χ2n) is 6.18. The second-order valence-corrected chi connectivity index (χ2v) is 6.18. The molecule has 0 aliphatic rings. The van der Waals surface area contributed by atoms with Crippen LogP contribution in [0.15, 0.2) is 54.9 Å². The summed E-state index contributed by atoms with van der Waals surface area (Å²) in [5.41, 5.74) is 4.90. The molecule has 2 aromatic carbocycles. The molecular formula is C21H23N3O2. The van der Waals surface area contributed by atoms with Gasteiger partial charge < -0.3 is 10.1 Å². The molecule has 1 heterocycles. The van der Waals surface area contributed by atoms with E-state index in [1.807, 2.05) is 55.6 Å². The van der Waals surface area contributed by atoms with Crippen molar-refractivity contribution in [2.75, 3.05) is 7.11 Å². The van der Waals surface area contributed by atoms with Crippen molar-refractivity contribution in [2.45, 2.75) is 26.3 Å².